The number of nitrogens with zero attached hydrogens (tertiary/aromatic N) is 4. The standard InChI is InChI=1S/C19H17N5O2/c1-12(18-23-22-17-5-3-4-10-24(17)18)20-19(25)16-8-6-13-11-14(26-2)7-9-15(13)21-16/h3-12H,1-2H3,(H,20,25)/t12-/m1/s1. The van der Waals surface area contributed by atoms with Crippen LogP contribution in [0.3, 0.4) is 0 Å². The molecule has 7 heteroatoms. The third-order valence-electron chi connectivity index (χ3n) is 4.20. The zero-order valence-electron chi connectivity index (χ0n) is 14.4. The average Bonchev–Trinajstić information content (AvgIpc) is 3.11. The van der Waals surface area contributed by atoms with Crippen molar-refractivity contribution in [2.75, 3.05) is 7.11 Å². The maximum Gasteiger partial charge on any atom is 0.270 e. The topological polar surface area (TPSA) is 81.4 Å². The largest absolute Gasteiger partial charge is 0.497 e. The summed E-state index contributed by atoms with van der Waals surface area (Å²) in [6.07, 6.45) is 1.87. The normalized spacial score (nSPS) is 12.2. The molecule has 1 N–H and O–H groups in total. The summed E-state index contributed by atoms with van der Waals surface area (Å²) in [5.41, 5.74) is 1.82. The number of hydrogen-bond donors (Lipinski definition) is 1. The quantitative estimate of drug-likeness (QED) is 0.614. The molecule has 0 saturated carbocycles. The van der Waals surface area contributed by atoms with E-state index in [9.17, 15) is 4.79 Å². The number of benzene rings is 1. The van der Waals surface area contributed by atoms with Gasteiger partial charge in [-0.25, -0.2) is 4.98 Å². The summed E-state index contributed by atoms with van der Waals surface area (Å²) < 4.78 is 7.06. The maximum atomic E-state index is 12.6. The van der Waals surface area contributed by atoms with E-state index in [1.807, 2.05) is 60.0 Å². The van der Waals surface area contributed by atoms with Crippen molar-refractivity contribution >= 4 is 22.5 Å². The second kappa shape index (κ2) is 6.44. The average molecular weight is 347 g/mol. The second-order valence-electron chi connectivity index (χ2n) is 5.94. The van der Waals surface area contributed by atoms with Crippen molar-refractivity contribution in [3.63, 3.8) is 0 Å². The van der Waals surface area contributed by atoms with E-state index in [1.165, 1.54) is 0 Å². The molecule has 0 bridgehead atoms. The number of amides is 1. The highest BCUT2D eigenvalue weighted by Crippen LogP contribution is 2.20. The molecule has 1 amide bonds. The lowest BCUT2D eigenvalue weighted by Crippen LogP contribution is -2.28. The van der Waals surface area contributed by atoms with Crippen LogP contribution in [0.15, 0.2) is 54.7 Å². The first-order chi connectivity index (χ1) is 12.7. The van der Waals surface area contributed by atoms with E-state index in [2.05, 4.69) is 20.5 Å². The fourth-order valence-electron chi connectivity index (χ4n) is 2.85. The van der Waals surface area contributed by atoms with Gasteiger partial charge in [0.15, 0.2) is 11.5 Å². The number of carbonyl (C=O) groups is 1. The van der Waals surface area contributed by atoms with Crippen molar-refractivity contribution in [2.45, 2.75) is 13.0 Å². The Morgan fingerprint density at radius 1 is 1.15 bits per heavy atom. The number of pyridine rings is 2. The van der Waals surface area contributed by atoms with Crippen molar-refractivity contribution in [2.24, 2.45) is 0 Å². The highest BCUT2D eigenvalue weighted by Gasteiger charge is 2.17. The number of aromatic nitrogens is 4. The molecule has 3 heterocycles. The second-order valence-corrected chi connectivity index (χ2v) is 5.94. The fraction of sp³-hybridized carbons (Fsp3) is 0.158. The molecule has 0 spiro atoms. The third kappa shape index (κ3) is 2.83. The van der Waals surface area contributed by atoms with E-state index in [1.54, 1.807) is 13.2 Å². The first kappa shape index (κ1) is 16.0. The third-order valence-corrected chi connectivity index (χ3v) is 4.20. The molecule has 0 radical (unpaired) electrons. The summed E-state index contributed by atoms with van der Waals surface area (Å²) in [5, 5.41) is 12.1. The number of rotatable bonds is 4. The summed E-state index contributed by atoms with van der Waals surface area (Å²) in [5.74, 6) is 1.16. The fourth-order valence-corrected chi connectivity index (χ4v) is 2.85. The van der Waals surface area contributed by atoms with Crippen LogP contribution in [0.2, 0.25) is 0 Å². The van der Waals surface area contributed by atoms with Gasteiger partial charge >= 0.3 is 0 Å². The number of ether oxygens (including phenoxy) is 1. The van der Waals surface area contributed by atoms with E-state index in [-0.39, 0.29) is 11.9 Å². The molecule has 26 heavy (non-hydrogen) atoms. The van der Waals surface area contributed by atoms with Crippen molar-refractivity contribution in [1.82, 2.24) is 24.9 Å². The lowest BCUT2D eigenvalue weighted by Gasteiger charge is -2.12. The Hall–Kier alpha value is -3.48. The van der Waals surface area contributed by atoms with Crippen molar-refractivity contribution in [1.29, 1.82) is 0 Å². The predicted molar refractivity (Wildman–Crippen MR) is 97.2 cm³/mol. The van der Waals surface area contributed by atoms with Crippen molar-refractivity contribution in [3.8, 4) is 5.75 Å². The Morgan fingerprint density at radius 2 is 2.04 bits per heavy atom. The van der Waals surface area contributed by atoms with Gasteiger partial charge in [-0.1, -0.05) is 12.1 Å². The van der Waals surface area contributed by atoms with Crippen LogP contribution in [0.25, 0.3) is 16.6 Å². The smallest absolute Gasteiger partial charge is 0.270 e. The van der Waals surface area contributed by atoms with E-state index in [4.69, 9.17) is 4.74 Å². The van der Waals surface area contributed by atoms with Gasteiger partial charge in [0.2, 0.25) is 0 Å². The Labute approximate surface area is 149 Å². The Kier molecular flexibility index (Phi) is 3.96. The van der Waals surface area contributed by atoms with Crippen molar-refractivity contribution in [3.05, 3.63) is 66.2 Å². The minimum atomic E-state index is -0.312. The van der Waals surface area contributed by atoms with Crippen molar-refractivity contribution < 1.29 is 9.53 Å². The van der Waals surface area contributed by atoms with Crippen LogP contribution < -0.4 is 10.1 Å². The summed E-state index contributed by atoms with van der Waals surface area (Å²) in [7, 11) is 1.62. The molecule has 0 aliphatic rings. The molecule has 1 atom stereocenters. The number of hydrogen-bond acceptors (Lipinski definition) is 5. The first-order valence-corrected chi connectivity index (χ1v) is 8.21. The van der Waals surface area contributed by atoms with Gasteiger partial charge in [-0.05, 0) is 43.3 Å². The van der Waals surface area contributed by atoms with Gasteiger partial charge in [0.25, 0.3) is 5.91 Å². The van der Waals surface area contributed by atoms with Crippen LogP contribution in [0.5, 0.6) is 5.75 Å². The molecule has 7 nitrogen and oxygen atoms in total. The monoisotopic (exact) mass is 347 g/mol. The predicted octanol–water partition coefficient (Wildman–Crippen LogP) is 2.78. The van der Waals surface area contributed by atoms with Crippen LogP contribution in [0.1, 0.15) is 29.3 Å². The van der Waals surface area contributed by atoms with Gasteiger partial charge in [-0.2, -0.15) is 0 Å². The van der Waals surface area contributed by atoms with Gasteiger partial charge in [0.1, 0.15) is 11.4 Å². The van der Waals surface area contributed by atoms with E-state index in [0.717, 1.165) is 22.3 Å². The first-order valence-electron chi connectivity index (χ1n) is 8.21. The summed E-state index contributed by atoms with van der Waals surface area (Å²) in [4.78, 5) is 17.0. The Morgan fingerprint density at radius 3 is 2.88 bits per heavy atom. The van der Waals surface area contributed by atoms with Crippen LogP contribution in [0.4, 0.5) is 0 Å². The van der Waals surface area contributed by atoms with Gasteiger partial charge in [0, 0.05) is 11.6 Å². The minimum Gasteiger partial charge on any atom is -0.497 e. The highest BCUT2D eigenvalue weighted by atomic mass is 16.5. The number of methoxy groups -OCH3 is 1. The van der Waals surface area contributed by atoms with E-state index >= 15 is 0 Å². The summed E-state index contributed by atoms with van der Waals surface area (Å²) in [6, 6.07) is 14.4. The molecule has 0 unspecified atom stereocenters. The molecule has 0 fully saturated rings. The minimum absolute atomic E-state index is 0.261. The van der Waals surface area contributed by atoms with Gasteiger partial charge in [-0.15, -0.1) is 10.2 Å². The molecular formula is C19H17N5O2. The Balaban J connectivity index is 1.58. The zero-order valence-corrected chi connectivity index (χ0v) is 14.4. The van der Waals surface area contributed by atoms with Gasteiger partial charge < -0.3 is 10.1 Å². The number of nitrogens with one attached hydrogen (secondary N) is 1. The molecule has 3 aromatic heterocycles. The molecule has 4 aromatic rings. The van der Waals surface area contributed by atoms with E-state index < -0.39 is 0 Å². The molecule has 0 aliphatic carbocycles. The van der Waals surface area contributed by atoms with Crippen LogP contribution >= 0.6 is 0 Å². The lowest BCUT2D eigenvalue weighted by molar-refractivity contribution is 0.0933. The molecule has 1 aromatic carbocycles. The SMILES string of the molecule is COc1ccc2nc(C(=O)N[C@H](C)c3nnc4ccccn34)ccc2c1. The van der Waals surface area contributed by atoms with E-state index in [0.29, 0.717) is 11.5 Å². The van der Waals surface area contributed by atoms with Crippen LogP contribution in [-0.2, 0) is 0 Å². The molecule has 4 rings (SSSR count). The molecule has 130 valence electrons. The Bertz CT molecular complexity index is 1110. The zero-order chi connectivity index (χ0) is 18.1. The number of carbonyl (C=O) groups excluding carboxylic acids is 1. The van der Waals surface area contributed by atoms with Crippen LogP contribution in [-0.4, -0.2) is 32.6 Å². The summed E-state index contributed by atoms with van der Waals surface area (Å²) >= 11 is 0. The number of fused-ring (bicyclic) bond motifs is 2. The van der Waals surface area contributed by atoms with Gasteiger partial charge in [-0.3, -0.25) is 9.20 Å². The highest BCUT2D eigenvalue weighted by molar-refractivity contribution is 5.95. The lowest BCUT2D eigenvalue weighted by atomic mass is 10.2. The van der Waals surface area contributed by atoms with Gasteiger partial charge in [0.05, 0.1) is 18.7 Å². The molecule has 0 aliphatic heterocycles. The summed E-state index contributed by atoms with van der Waals surface area (Å²) in [6.45, 7) is 1.87. The molecular weight excluding hydrogens is 330 g/mol. The molecule has 0 saturated heterocycles. The van der Waals surface area contributed by atoms with Crippen LogP contribution in [0, 0.1) is 0 Å². The maximum absolute atomic E-state index is 12.6.